The summed E-state index contributed by atoms with van der Waals surface area (Å²) in [5.74, 6) is -0.736. The molecule has 128 valence electrons. The van der Waals surface area contributed by atoms with Gasteiger partial charge in [-0.1, -0.05) is 52.0 Å². The van der Waals surface area contributed by atoms with Crippen LogP contribution < -0.4 is 5.32 Å². The van der Waals surface area contributed by atoms with Gasteiger partial charge < -0.3 is 10.3 Å². The number of benzene rings is 2. The molecule has 1 heterocycles. The number of imidazole rings is 1. The van der Waals surface area contributed by atoms with Crippen LogP contribution in [0.25, 0.3) is 11.3 Å². The third-order valence-electron chi connectivity index (χ3n) is 3.50. The van der Waals surface area contributed by atoms with Gasteiger partial charge in [-0.05, 0) is 36.8 Å². The topological polar surface area (TPSA) is 57.8 Å². The molecule has 4 nitrogen and oxygen atoms in total. The summed E-state index contributed by atoms with van der Waals surface area (Å²) in [6.07, 6.45) is 1.73. The van der Waals surface area contributed by atoms with Gasteiger partial charge in [0.2, 0.25) is 5.91 Å². The van der Waals surface area contributed by atoms with Gasteiger partial charge in [-0.25, -0.2) is 9.37 Å². The normalized spacial score (nSPS) is 12.0. The molecule has 2 aromatic carbocycles. The zero-order valence-corrected chi connectivity index (χ0v) is 15.7. The molecule has 2 N–H and O–H groups in total. The van der Waals surface area contributed by atoms with Crippen molar-refractivity contribution in [3.05, 3.63) is 65.0 Å². The number of hydrogen-bond donors (Lipinski definition) is 2. The zero-order chi connectivity index (χ0) is 17.8. The average molecular weight is 420 g/mol. The quantitative estimate of drug-likeness (QED) is 0.565. The minimum absolute atomic E-state index is 0.176. The molecular formula is C18H15BrFN3OS. The predicted molar refractivity (Wildman–Crippen MR) is 102 cm³/mol. The van der Waals surface area contributed by atoms with E-state index in [1.165, 1.54) is 23.9 Å². The highest BCUT2D eigenvalue weighted by molar-refractivity contribution is 9.10. The predicted octanol–water partition coefficient (Wildman–Crippen LogP) is 5.10. The summed E-state index contributed by atoms with van der Waals surface area (Å²) in [7, 11) is 0. The van der Waals surface area contributed by atoms with E-state index in [-0.39, 0.29) is 11.6 Å². The van der Waals surface area contributed by atoms with Gasteiger partial charge in [-0.2, -0.15) is 0 Å². The standard InChI is InChI=1S/C18H15BrFN3OS/c1-11(17(24)22-15-5-3-2-4-14(15)20)25-18-21-10-16(23-18)12-6-8-13(19)9-7-12/h2-11H,1H3,(H,21,23)(H,22,24). The molecule has 0 aliphatic rings. The second-order valence-corrected chi connectivity index (χ2v) is 7.58. The number of carbonyl (C=O) groups is 1. The lowest BCUT2D eigenvalue weighted by atomic mass is 10.2. The molecule has 1 amide bonds. The van der Waals surface area contributed by atoms with Crippen molar-refractivity contribution in [1.29, 1.82) is 0 Å². The SMILES string of the molecule is CC(Sc1ncc(-c2ccc(Br)cc2)[nH]1)C(=O)Nc1ccccc1F. The van der Waals surface area contributed by atoms with E-state index in [4.69, 9.17) is 0 Å². The van der Waals surface area contributed by atoms with Crippen molar-refractivity contribution in [3.63, 3.8) is 0 Å². The molecule has 0 bridgehead atoms. The van der Waals surface area contributed by atoms with Gasteiger partial charge >= 0.3 is 0 Å². The number of nitrogens with one attached hydrogen (secondary N) is 2. The summed E-state index contributed by atoms with van der Waals surface area (Å²) >= 11 is 4.69. The highest BCUT2D eigenvalue weighted by atomic mass is 79.9. The first-order chi connectivity index (χ1) is 12.0. The van der Waals surface area contributed by atoms with Crippen LogP contribution in [0.4, 0.5) is 10.1 Å². The van der Waals surface area contributed by atoms with Gasteiger partial charge in [0, 0.05) is 4.47 Å². The van der Waals surface area contributed by atoms with Crippen molar-refractivity contribution >= 4 is 39.3 Å². The van der Waals surface area contributed by atoms with E-state index in [1.54, 1.807) is 25.3 Å². The maximum absolute atomic E-state index is 13.6. The molecule has 0 radical (unpaired) electrons. The number of H-pyrrole nitrogens is 1. The number of nitrogens with zero attached hydrogens (tertiary/aromatic N) is 1. The Morgan fingerprint density at radius 1 is 1.24 bits per heavy atom. The molecule has 0 saturated heterocycles. The van der Waals surface area contributed by atoms with Crippen LogP contribution in [0.2, 0.25) is 0 Å². The molecule has 0 saturated carbocycles. The Balaban J connectivity index is 1.65. The van der Waals surface area contributed by atoms with Crippen molar-refractivity contribution < 1.29 is 9.18 Å². The number of carbonyl (C=O) groups excluding carboxylic acids is 1. The van der Waals surface area contributed by atoms with Crippen molar-refractivity contribution in [2.45, 2.75) is 17.3 Å². The highest BCUT2D eigenvalue weighted by Gasteiger charge is 2.17. The summed E-state index contributed by atoms with van der Waals surface area (Å²) in [6.45, 7) is 1.75. The molecule has 1 aromatic heterocycles. The molecule has 25 heavy (non-hydrogen) atoms. The second-order valence-electron chi connectivity index (χ2n) is 5.34. The molecule has 3 rings (SSSR count). The van der Waals surface area contributed by atoms with Crippen LogP contribution in [0.3, 0.4) is 0 Å². The summed E-state index contributed by atoms with van der Waals surface area (Å²) < 4.78 is 14.6. The van der Waals surface area contributed by atoms with Crippen molar-refractivity contribution in [3.8, 4) is 11.3 Å². The third-order valence-corrected chi connectivity index (χ3v) is 5.02. The van der Waals surface area contributed by atoms with Crippen molar-refractivity contribution in [2.75, 3.05) is 5.32 Å². The number of amides is 1. The molecule has 1 unspecified atom stereocenters. The van der Waals surface area contributed by atoms with E-state index in [1.807, 2.05) is 24.3 Å². The van der Waals surface area contributed by atoms with Crippen LogP contribution in [0.5, 0.6) is 0 Å². The largest absolute Gasteiger partial charge is 0.333 e. The van der Waals surface area contributed by atoms with Crippen LogP contribution in [0, 0.1) is 5.82 Å². The van der Waals surface area contributed by atoms with E-state index < -0.39 is 11.1 Å². The number of aromatic amines is 1. The van der Waals surface area contributed by atoms with Crippen molar-refractivity contribution in [1.82, 2.24) is 9.97 Å². The van der Waals surface area contributed by atoms with Crippen molar-refractivity contribution in [2.24, 2.45) is 0 Å². The van der Waals surface area contributed by atoms with Gasteiger partial charge in [0.15, 0.2) is 5.16 Å². The summed E-state index contributed by atoms with van der Waals surface area (Å²) in [6, 6.07) is 13.9. The number of hydrogen-bond acceptors (Lipinski definition) is 3. The molecule has 1 atom stereocenters. The van der Waals surface area contributed by atoms with Crippen LogP contribution in [-0.2, 0) is 4.79 Å². The summed E-state index contributed by atoms with van der Waals surface area (Å²) in [4.78, 5) is 19.7. The first-order valence-corrected chi connectivity index (χ1v) is 9.23. The first kappa shape index (κ1) is 17.7. The van der Waals surface area contributed by atoms with Gasteiger partial charge in [-0.3, -0.25) is 4.79 Å². The minimum atomic E-state index is -0.455. The first-order valence-electron chi connectivity index (χ1n) is 7.56. The highest BCUT2D eigenvalue weighted by Crippen LogP contribution is 2.26. The van der Waals surface area contributed by atoms with E-state index in [0.29, 0.717) is 5.16 Å². The van der Waals surface area contributed by atoms with E-state index in [2.05, 4.69) is 31.2 Å². The second kappa shape index (κ2) is 7.84. The molecule has 0 aliphatic carbocycles. The smallest absolute Gasteiger partial charge is 0.237 e. The number of anilines is 1. The number of halogens is 2. The van der Waals surface area contributed by atoms with Crippen LogP contribution in [0.15, 0.2) is 64.4 Å². The van der Waals surface area contributed by atoms with Crippen LogP contribution in [-0.4, -0.2) is 21.1 Å². The zero-order valence-electron chi connectivity index (χ0n) is 13.3. The fourth-order valence-corrected chi connectivity index (χ4v) is 3.20. The number of aromatic nitrogens is 2. The van der Waals surface area contributed by atoms with Gasteiger partial charge in [0.1, 0.15) is 5.82 Å². The molecule has 3 aromatic rings. The van der Waals surface area contributed by atoms with Crippen LogP contribution >= 0.6 is 27.7 Å². The Labute approximate surface area is 157 Å². The number of rotatable bonds is 5. The summed E-state index contributed by atoms with van der Waals surface area (Å²) in [5, 5.41) is 2.80. The van der Waals surface area contributed by atoms with Crippen LogP contribution in [0.1, 0.15) is 6.92 Å². The lowest BCUT2D eigenvalue weighted by Gasteiger charge is -2.11. The number of para-hydroxylation sites is 1. The Bertz CT molecular complexity index is 882. The lowest BCUT2D eigenvalue weighted by Crippen LogP contribution is -2.23. The van der Waals surface area contributed by atoms with E-state index in [0.717, 1.165) is 15.7 Å². The van der Waals surface area contributed by atoms with E-state index in [9.17, 15) is 9.18 Å². The third kappa shape index (κ3) is 4.49. The number of thioether (sulfide) groups is 1. The molecular weight excluding hydrogens is 405 g/mol. The molecule has 7 heteroatoms. The fourth-order valence-electron chi connectivity index (χ4n) is 2.16. The van der Waals surface area contributed by atoms with Gasteiger partial charge in [0.05, 0.1) is 22.8 Å². The molecule has 0 spiro atoms. The Hall–Kier alpha value is -2.12. The monoisotopic (exact) mass is 419 g/mol. The lowest BCUT2D eigenvalue weighted by molar-refractivity contribution is -0.115. The average Bonchev–Trinajstić information content (AvgIpc) is 3.06. The van der Waals surface area contributed by atoms with E-state index >= 15 is 0 Å². The minimum Gasteiger partial charge on any atom is -0.333 e. The Morgan fingerprint density at radius 3 is 2.68 bits per heavy atom. The molecule has 0 fully saturated rings. The van der Waals surface area contributed by atoms with Gasteiger partial charge in [0.25, 0.3) is 0 Å². The maximum atomic E-state index is 13.6. The summed E-state index contributed by atoms with van der Waals surface area (Å²) in [5.41, 5.74) is 2.05. The Morgan fingerprint density at radius 2 is 1.96 bits per heavy atom. The maximum Gasteiger partial charge on any atom is 0.237 e. The fraction of sp³-hybridized carbons (Fsp3) is 0.111. The van der Waals surface area contributed by atoms with Gasteiger partial charge in [-0.15, -0.1) is 0 Å². The Kier molecular flexibility index (Phi) is 5.55. The molecule has 0 aliphatic heterocycles.